The molecule has 2 rings (SSSR count). The molecule has 0 amide bonds. The molecule has 0 radical (unpaired) electrons. The summed E-state index contributed by atoms with van der Waals surface area (Å²) in [6.07, 6.45) is 4.92. The first-order valence-electron chi connectivity index (χ1n) is 7.05. The minimum absolute atomic E-state index is 0.103. The highest BCUT2D eigenvalue weighted by Crippen LogP contribution is 2.25. The SMILES string of the molecule is O=C(O)CCCCCS(=O)(=O)c1ccc2c(c1)CCC2. The Morgan fingerprint density at radius 1 is 1.10 bits per heavy atom. The van der Waals surface area contributed by atoms with Crippen LogP contribution in [0.15, 0.2) is 23.1 Å². The van der Waals surface area contributed by atoms with Gasteiger partial charge in [0.2, 0.25) is 0 Å². The molecule has 110 valence electrons. The molecule has 0 heterocycles. The molecule has 4 nitrogen and oxygen atoms in total. The van der Waals surface area contributed by atoms with Crippen LogP contribution in [0.1, 0.15) is 43.2 Å². The predicted molar refractivity (Wildman–Crippen MR) is 76.6 cm³/mol. The maximum absolute atomic E-state index is 12.2. The van der Waals surface area contributed by atoms with Crippen LogP contribution in [0.2, 0.25) is 0 Å². The van der Waals surface area contributed by atoms with Gasteiger partial charge in [-0.3, -0.25) is 4.79 Å². The summed E-state index contributed by atoms with van der Waals surface area (Å²) >= 11 is 0. The first-order valence-corrected chi connectivity index (χ1v) is 8.70. The van der Waals surface area contributed by atoms with Crippen molar-refractivity contribution in [2.45, 2.75) is 49.8 Å². The Hall–Kier alpha value is -1.36. The zero-order valence-corrected chi connectivity index (χ0v) is 12.3. The summed E-state index contributed by atoms with van der Waals surface area (Å²) in [5.74, 6) is -0.725. The Balaban J connectivity index is 1.91. The molecule has 5 heteroatoms. The van der Waals surface area contributed by atoms with Crippen molar-refractivity contribution in [3.63, 3.8) is 0 Å². The van der Waals surface area contributed by atoms with Crippen molar-refractivity contribution < 1.29 is 18.3 Å². The van der Waals surface area contributed by atoms with Gasteiger partial charge in [-0.15, -0.1) is 0 Å². The number of carboxylic acids is 1. The van der Waals surface area contributed by atoms with Crippen molar-refractivity contribution in [3.05, 3.63) is 29.3 Å². The van der Waals surface area contributed by atoms with Crippen molar-refractivity contribution in [1.29, 1.82) is 0 Å². The van der Waals surface area contributed by atoms with E-state index in [1.807, 2.05) is 12.1 Å². The molecule has 0 aromatic heterocycles. The van der Waals surface area contributed by atoms with Crippen molar-refractivity contribution in [1.82, 2.24) is 0 Å². The maximum Gasteiger partial charge on any atom is 0.303 e. The van der Waals surface area contributed by atoms with Crippen LogP contribution in [0.25, 0.3) is 0 Å². The van der Waals surface area contributed by atoms with Gasteiger partial charge in [0.25, 0.3) is 0 Å². The second-order valence-electron chi connectivity index (χ2n) is 5.31. The number of benzene rings is 1. The Labute approximate surface area is 119 Å². The lowest BCUT2D eigenvalue weighted by atomic mass is 10.1. The zero-order valence-electron chi connectivity index (χ0n) is 11.5. The van der Waals surface area contributed by atoms with Crippen molar-refractivity contribution in [2.75, 3.05) is 5.75 Å². The first kappa shape index (κ1) is 15.0. The van der Waals surface area contributed by atoms with Gasteiger partial charge in [-0.05, 0) is 55.4 Å². The predicted octanol–water partition coefficient (Wildman–Crippen LogP) is 2.59. The van der Waals surface area contributed by atoms with E-state index in [9.17, 15) is 13.2 Å². The fraction of sp³-hybridized carbons (Fsp3) is 0.533. The fourth-order valence-electron chi connectivity index (χ4n) is 2.60. The monoisotopic (exact) mass is 296 g/mol. The number of aliphatic carboxylic acids is 1. The van der Waals surface area contributed by atoms with Gasteiger partial charge >= 0.3 is 5.97 Å². The van der Waals surface area contributed by atoms with Gasteiger partial charge in [0.15, 0.2) is 9.84 Å². The van der Waals surface area contributed by atoms with E-state index in [4.69, 9.17) is 5.11 Å². The Bertz CT molecular complexity index is 590. The molecule has 0 aliphatic heterocycles. The van der Waals surface area contributed by atoms with Gasteiger partial charge in [0.05, 0.1) is 10.6 Å². The molecule has 1 aliphatic carbocycles. The smallest absolute Gasteiger partial charge is 0.303 e. The normalized spacial score (nSPS) is 14.2. The second-order valence-corrected chi connectivity index (χ2v) is 7.42. The number of carbonyl (C=O) groups is 1. The molecular weight excluding hydrogens is 276 g/mol. The largest absolute Gasteiger partial charge is 0.481 e. The number of hydrogen-bond donors (Lipinski definition) is 1. The lowest BCUT2D eigenvalue weighted by molar-refractivity contribution is -0.137. The summed E-state index contributed by atoms with van der Waals surface area (Å²) in [7, 11) is -3.23. The highest BCUT2D eigenvalue weighted by atomic mass is 32.2. The van der Waals surface area contributed by atoms with Crippen molar-refractivity contribution in [3.8, 4) is 0 Å². The summed E-state index contributed by atoms with van der Waals surface area (Å²) in [5, 5.41) is 8.52. The number of aryl methyl sites for hydroxylation is 2. The van der Waals surface area contributed by atoms with Crippen LogP contribution in [0.3, 0.4) is 0 Å². The van der Waals surface area contributed by atoms with Crippen LogP contribution in [0.5, 0.6) is 0 Å². The van der Waals surface area contributed by atoms with Gasteiger partial charge in [0, 0.05) is 6.42 Å². The number of unbranched alkanes of at least 4 members (excludes halogenated alkanes) is 2. The highest BCUT2D eigenvalue weighted by Gasteiger charge is 2.18. The van der Waals surface area contributed by atoms with Gasteiger partial charge in [-0.1, -0.05) is 12.5 Å². The molecule has 0 spiro atoms. The summed E-state index contributed by atoms with van der Waals surface area (Å²) < 4.78 is 24.4. The number of fused-ring (bicyclic) bond motifs is 1. The summed E-state index contributed by atoms with van der Waals surface area (Å²) in [5.41, 5.74) is 2.43. The summed E-state index contributed by atoms with van der Waals surface area (Å²) in [6, 6.07) is 5.45. The number of carboxylic acid groups (broad SMARTS) is 1. The van der Waals surface area contributed by atoms with Crippen LogP contribution in [-0.2, 0) is 27.5 Å². The third kappa shape index (κ3) is 3.82. The van der Waals surface area contributed by atoms with E-state index in [1.165, 1.54) is 5.56 Å². The van der Waals surface area contributed by atoms with Gasteiger partial charge in [0.1, 0.15) is 0 Å². The third-order valence-electron chi connectivity index (χ3n) is 3.73. The summed E-state index contributed by atoms with van der Waals surface area (Å²) in [6.45, 7) is 0. The molecule has 0 bridgehead atoms. The molecule has 0 saturated carbocycles. The van der Waals surface area contributed by atoms with Gasteiger partial charge < -0.3 is 5.11 Å². The standard InChI is InChI=1S/C15H20O4S/c16-15(17)7-2-1-3-10-20(18,19)14-9-8-12-5-4-6-13(12)11-14/h8-9,11H,1-7,10H2,(H,16,17). The zero-order chi connectivity index (χ0) is 14.6. The van der Waals surface area contributed by atoms with E-state index in [1.54, 1.807) is 6.07 Å². The van der Waals surface area contributed by atoms with E-state index in [2.05, 4.69) is 0 Å². The number of sulfone groups is 1. The molecule has 0 saturated heterocycles. The molecule has 0 atom stereocenters. The van der Waals surface area contributed by atoms with Crippen molar-refractivity contribution in [2.24, 2.45) is 0 Å². The Morgan fingerprint density at radius 2 is 1.85 bits per heavy atom. The first-order chi connectivity index (χ1) is 9.49. The van der Waals surface area contributed by atoms with E-state index in [0.717, 1.165) is 24.8 Å². The molecular formula is C15H20O4S. The average Bonchev–Trinajstić information content (AvgIpc) is 2.85. The van der Waals surface area contributed by atoms with Gasteiger partial charge in [-0.2, -0.15) is 0 Å². The topological polar surface area (TPSA) is 71.4 Å². The molecule has 1 N–H and O–H groups in total. The summed E-state index contributed by atoms with van der Waals surface area (Å²) in [4.78, 5) is 10.8. The minimum Gasteiger partial charge on any atom is -0.481 e. The van der Waals surface area contributed by atoms with Crippen LogP contribution in [0.4, 0.5) is 0 Å². The van der Waals surface area contributed by atoms with Crippen LogP contribution in [-0.4, -0.2) is 25.2 Å². The lowest BCUT2D eigenvalue weighted by Gasteiger charge is -2.06. The lowest BCUT2D eigenvalue weighted by Crippen LogP contribution is -2.07. The minimum atomic E-state index is -3.23. The Morgan fingerprint density at radius 3 is 2.60 bits per heavy atom. The highest BCUT2D eigenvalue weighted by molar-refractivity contribution is 7.91. The van der Waals surface area contributed by atoms with Crippen LogP contribution >= 0.6 is 0 Å². The number of rotatable bonds is 7. The molecule has 20 heavy (non-hydrogen) atoms. The molecule has 0 unspecified atom stereocenters. The van der Waals surface area contributed by atoms with Gasteiger partial charge in [-0.25, -0.2) is 8.42 Å². The average molecular weight is 296 g/mol. The van der Waals surface area contributed by atoms with E-state index < -0.39 is 15.8 Å². The number of hydrogen-bond acceptors (Lipinski definition) is 3. The van der Waals surface area contributed by atoms with Crippen molar-refractivity contribution >= 4 is 15.8 Å². The quantitative estimate of drug-likeness (QED) is 0.785. The molecule has 1 aromatic carbocycles. The van der Waals surface area contributed by atoms with E-state index in [0.29, 0.717) is 24.2 Å². The maximum atomic E-state index is 12.2. The fourth-order valence-corrected chi connectivity index (χ4v) is 4.02. The van der Waals surface area contributed by atoms with Crippen LogP contribution < -0.4 is 0 Å². The molecule has 1 aromatic rings. The Kier molecular flexibility index (Phi) is 4.81. The van der Waals surface area contributed by atoms with E-state index >= 15 is 0 Å². The second kappa shape index (κ2) is 6.39. The van der Waals surface area contributed by atoms with Crippen LogP contribution in [0, 0.1) is 0 Å². The van der Waals surface area contributed by atoms with E-state index in [-0.39, 0.29) is 12.2 Å². The molecule has 0 fully saturated rings. The third-order valence-corrected chi connectivity index (χ3v) is 5.53. The molecule has 1 aliphatic rings.